The summed E-state index contributed by atoms with van der Waals surface area (Å²) in [5, 5.41) is 9.53. The van der Waals surface area contributed by atoms with E-state index in [1.807, 2.05) is 0 Å². The lowest BCUT2D eigenvalue weighted by molar-refractivity contribution is 0.186. The summed E-state index contributed by atoms with van der Waals surface area (Å²) >= 11 is 0. The fourth-order valence-electron chi connectivity index (χ4n) is 1.38. The van der Waals surface area contributed by atoms with Crippen molar-refractivity contribution in [1.29, 1.82) is 0 Å². The Morgan fingerprint density at radius 2 is 2.07 bits per heavy atom. The van der Waals surface area contributed by atoms with Crippen LogP contribution in [0, 0.1) is 6.92 Å². The lowest BCUT2D eigenvalue weighted by Crippen LogP contribution is -2.13. The van der Waals surface area contributed by atoms with E-state index >= 15 is 0 Å². The third kappa shape index (κ3) is 2.77. The molecule has 0 aromatic heterocycles. The van der Waals surface area contributed by atoms with Gasteiger partial charge in [0.05, 0.1) is 11.0 Å². The first kappa shape index (κ1) is 12.2. The molecule has 15 heavy (non-hydrogen) atoms. The van der Waals surface area contributed by atoms with Gasteiger partial charge >= 0.3 is 0 Å². The van der Waals surface area contributed by atoms with Gasteiger partial charge in [-0.1, -0.05) is 6.07 Å². The van der Waals surface area contributed by atoms with Crippen molar-refractivity contribution < 1.29 is 13.5 Å². The molecule has 0 bridgehead atoms. The van der Waals surface area contributed by atoms with E-state index in [1.54, 1.807) is 19.1 Å². The fraction of sp³-hybridized carbons (Fsp3) is 0.400. The number of hydrogen-bond acceptors (Lipinski definition) is 4. The molecule has 1 unspecified atom stereocenters. The van der Waals surface area contributed by atoms with Crippen LogP contribution in [0.2, 0.25) is 0 Å². The van der Waals surface area contributed by atoms with Crippen molar-refractivity contribution in [2.45, 2.75) is 17.9 Å². The van der Waals surface area contributed by atoms with Crippen LogP contribution in [0.3, 0.4) is 0 Å². The lowest BCUT2D eigenvalue weighted by Gasteiger charge is -2.12. The molecular weight excluding hydrogens is 214 g/mol. The summed E-state index contributed by atoms with van der Waals surface area (Å²) in [4.78, 5) is 0.257. The molecule has 1 atom stereocenters. The first-order chi connectivity index (χ1) is 6.86. The van der Waals surface area contributed by atoms with Crippen molar-refractivity contribution in [3.8, 4) is 0 Å². The van der Waals surface area contributed by atoms with Gasteiger partial charge in [0.1, 0.15) is 0 Å². The lowest BCUT2D eigenvalue weighted by atomic mass is 10.0. The monoisotopic (exact) mass is 229 g/mol. The molecule has 0 amide bonds. The number of aryl methyl sites for hydroxylation is 1. The highest BCUT2D eigenvalue weighted by atomic mass is 32.2. The van der Waals surface area contributed by atoms with Crippen LogP contribution < -0.4 is 5.73 Å². The minimum atomic E-state index is -3.19. The zero-order valence-corrected chi connectivity index (χ0v) is 9.58. The maximum Gasteiger partial charge on any atom is 0.175 e. The van der Waals surface area contributed by atoms with Crippen LogP contribution in [0.15, 0.2) is 23.1 Å². The molecule has 0 aliphatic heterocycles. The van der Waals surface area contributed by atoms with E-state index in [9.17, 15) is 13.5 Å². The van der Waals surface area contributed by atoms with Gasteiger partial charge in [0.2, 0.25) is 0 Å². The number of hydrogen-bond donors (Lipinski definition) is 2. The summed E-state index contributed by atoms with van der Waals surface area (Å²) in [5.74, 6) is 0. The molecule has 0 saturated carbocycles. The molecule has 3 N–H and O–H groups in total. The van der Waals surface area contributed by atoms with Gasteiger partial charge < -0.3 is 10.8 Å². The van der Waals surface area contributed by atoms with Gasteiger partial charge in [0.15, 0.2) is 9.84 Å². The summed E-state index contributed by atoms with van der Waals surface area (Å²) in [6.45, 7) is 1.88. The number of nitrogens with two attached hydrogens (primary N) is 1. The fourth-order valence-corrected chi connectivity index (χ4v) is 2.09. The van der Waals surface area contributed by atoms with Crippen LogP contribution in [0.5, 0.6) is 0 Å². The van der Waals surface area contributed by atoms with Crippen molar-refractivity contribution in [2.75, 3.05) is 12.8 Å². The summed E-state index contributed by atoms with van der Waals surface area (Å²) in [5.41, 5.74) is 6.73. The van der Waals surface area contributed by atoms with Crippen molar-refractivity contribution in [3.05, 3.63) is 29.3 Å². The van der Waals surface area contributed by atoms with E-state index in [2.05, 4.69) is 0 Å². The average Bonchev–Trinajstić information content (AvgIpc) is 2.15. The molecule has 4 nitrogen and oxygen atoms in total. The Kier molecular flexibility index (Phi) is 3.49. The summed E-state index contributed by atoms with van der Waals surface area (Å²) in [7, 11) is -3.19. The Labute approximate surface area is 89.7 Å². The van der Waals surface area contributed by atoms with Crippen molar-refractivity contribution >= 4 is 9.84 Å². The van der Waals surface area contributed by atoms with E-state index in [-0.39, 0.29) is 11.4 Å². The molecule has 0 radical (unpaired) electrons. The smallest absolute Gasteiger partial charge is 0.175 e. The van der Waals surface area contributed by atoms with E-state index in [0.29, 0.717) is 5.56 Å². The third-order valence-corrected chi connectivity index (χ3v) is 3.36. The van der Waals surface area contributed by atoms with Crippen molar-refractivity contribution in [1.82, 2.24) is 0 Å². The summed E-state index contributed by atoms with van der Waals surface area (Å²) in [6.07, 6.45) is 0.416. The topological polar surface area (TPSA) is 80.4 Å². The maximum absolute atomic E-state index is 11.2. The zero-order valence-electron chi connectivity index (χ0n) is 8.77. The van der Waals surface area contributed by atoms with Crippen molar-refractivity contribution in [3.63, 3.8) is 0 Å². The largest absolute Gasteiger partial charge is 0.387 e. The van der Waals surface area contributed by atoms with E-state index in [0.717, 1.165) is 11.8 Å². The molecule has 84 valence electrons. The molecule has 1 aromatic rings. The Morgan fingerprint density at radius 3 is 2.47 bits per heavy atom. The van der Waals surface area contributed by atoms with Crippen molar-refractivity contribution in [2.24, 2.45) is 5.73 Å². The predicted molar refractivity (Wildman–Crippen MR) is 58.3 cm³/mol. The van der Waals surface area contributed by atoms with E-state index in [4.69, 9.17) is 5.73 Å². The van der Waals surface area contributed by atoms with Crippen LogP contribution in [-0.4, -0.2) is 26.3 Å². The molecule has 1 aromatic carbocycles. The van der Waals surface area contributed by atoms with E-state index < -0.39 is 15.9 Å². The van der Waals surface area contributed by atoms with Gasteiger partial charge in [-0.05, 0) is 30.2 Å². The minimum Gasteiger partial charge on any atom is -0.387 e. The van der Waals surface area contributed by atoms with Gasteiger partial charge in [0.25, 0.3) is 0 Å². The van der Waals surface area contributed by atoms with Gasteiger partial charge in [-0.15, -0.1) is 0 Å². The molecule has 0 spiro atoms. The summed E-state index contributed by atoms with van der Waals surface area (Å²) in [6, 6.07) is 4.63. The number of aliphatic hydroxyl groups excluding tert-OH is 1. The second kappa shape index (κ2) is 4.30. The second-order valence-electron chi connectivity index (χ2n) is 3.54. The zero-order chi connectivity index (χ0) is 11.6. The number of aliphatic hydroxyl groups is 1. The molecule has 0 aliphatic rings. The number of sulfone groups is 1. The third-order valence-electron chi connectivity index (χ3n) is 2.25. The molecule has 0 fully saturated rings. The first-order valence-corrected chi connectivity index (χ1v) is 6.44. The Morgan fingerprint density at radius 1 is 1.47 bits per heavy atom. The molecule has 1 rings (SSSR count). The first-order valence-electron chi connectivity index (χ1n) is 4.55. The Hall–Kier alpha value is -0.910. The summed E-state index contributed by atoms with van der Waals surface area (Å²) < 4.78 is 22.5. The second-order valence-corrected chi connectivity index (χ2v) is 5.56. The van der Waals surface area contributed by atoms with Gasteiger partial charge in [0, 0.05) is 12.8 Å². The van der Waals surface area contributed by atoms with Crippen LogP contribution in [-0.2, 0) is 9.84 Å². The Balaban J connectivity index is 3.20. The van der Waals surface area contributed by atoms with Crippen LogP contribution in [0.25, 0.3) is 0 Å². The van der Waals surface area contributed by atoms with Crippen LogP contribution >= 0.6 is 0 Å². The van der Waals surface area contributed by atoms with Gasteiger partial charge in [-0.2, -0.15) is 0 Å². The molecule has 0 aliphatic carbocycles. The SMILES string of the molecule is Cc1cc(S(C)(=O)=O)ccc1C(O)CN. The maximum atomic E-state index is 11.2. The Bertz CT molecular complexity index is 454. The molecule has 0 saturated heterocycles. The van der Waals surface area contributed by atoms with Crippen LogP contribution in [0.1, 0.15) is 17.2 Å². The van der Waals surface area contributed by atoms with Gasteiger partial charge in [-0.25, -0.2) is 8.42 Å². The normalized spacial score (nSPS) is 13.9. The number of rotatable bonds is 3. The number of benzene rings is 1. The van der Waals surface area contributed by atoms with Gasteiger partial charge in [-0.3, -0.25) is 0 Å². The molecule has 0 heterocycles. The standard InChI is InChI=1S/C10H15NO3S/c1-7-5-8(15(2,13)14)3-4-9(7)10(12)6-11/h3-5,10,12H,6,11H2,1-2H3. The minimum absolute atomic E-state index is 0.124. The average molecular weight is 229 g/mol. The highest BCUT2D eigenvalue weighted by Crippen LogP contribution is 2.20. The highest BCUT2D eigenvalue weighted by Gasteiger charge is 2.12. The molecule has 5 heteroatoms. The highest BCUT2D eigenvalue weighted by molar-refractivity contribution is 7.90. The van der Waals surface area contributed by atoms with Crippen LogP contribution in [0.4, 0.5) is 0 Å². The van der Waals surface area contributed by atoms with E-state index in [1.165, 1.54) is 6.07 Å². The predicted octanol–water partition coefficient (Wildman–Crippen LogP) is 0.391. The molecular formula is C10H15NO3S. The quantitative estimate of drug-likeness (QED) is 0.785.